The van der Waals surface area contributed by atoms with Gasteiger partial charge in [-0.2, -0.15) is 0 Å². The number of aryl methyl sites for hydroxylation is 1. The van der Waals surface area contributed by atoms with Crippen molar-refractivity contribution in [2.45, 2.75) is 25.7 Å². The molecule has 1 aromatic rings. The average molecular weight is 263 g/mol. The number of methoxy groups -OCH3 is 1. The minimum absolute atomic E-state index is 0.389. The third-order valence-electron chi connectivity index (χ3n) is 3.57. The van der Waals surface area contributed by atoms with Crippen molar-refractivity contribution in [3.63, 3.8) is 0 Å². The number of ether oxygens (including phenoxy) is 1. The number of unbranched alkanes of at least 4 members (excludes halogenated alkanes) is 1. The molecule has 104 valence electrons. The molecule has 4 nitrogen and oxygen atoms in total. The topological polar surface area (TPSA) is 49.8 Å². The summed E-state index contributed by atoms with van der Waals surface area (Å²) in [7, 11) is 1.73. The lowest BCUT2D eigenvalue weighted by atomic mass is 9.99. The smallest absolute Gasteiger partial charge is 0.335 e. The highest BCUT2D eigenvalue weighted by molar-refractivity contribution is 5.88. The molecule has 0 saturated heterocycles. The molecule has 0 amide bonds. The maximum absolute atomic E-state index is 11.0. The zero-order chi connectivity index (χ0) is 13.7. The van der Waals surface area contributed by atoms with Crippen LogP contribution >= 0.6 is 0 Å². The molecule has 0 aromatic heterocycles. The van der Waals surface area contributed by atoms with Gasteiger partial charge < -0.3 is 14.7 Å². The lowest BCUT2D eigenvalue weighted by Gasteiger charge is -2.31. The fourth-order valence-electron chi connectivity index (χ4n) is 2.59. The molecule has 1 N–H and O–H groups in total. The van der Waals surface area contributed by atoms with E-state index in [0.717, 1.165) is 50.9 Å². The van der Waals surface area contributed by atoms with E-state index in [1.54, 1.807) is 13.2 Å². The first-order valence-electron chi connectivity index (χ1n) is 6.82. The Bertz CT molecular complexity index is 445. The maximum Gasteiger partial charge on any atom is 0.335 e. The minimum Gasteiger partial charge on any atom is -0.478 e. The monoisotopic (exact) mass is 263 g/mol. The molecule has 0 fully saturated rings. The third kappa shape index (κ3) is 3.47. The molecule has 0 unspecified atom stereocenters. The van der Waals surface area contributed by atoms with Crippen LogP contribution in [0.15, 0.2) is 18.2 Å². The highest BCUT2D eigenvalue weighted by atomic mass is 16.5. The van der Waals surface area contributed by atoms with Crippen LogP contribution < -0.4 is 4.90 Å². The predicted molar refractivity (Wildman–Crippen MR) is 75.0 cm³/mol. The second-order valence-corrected chi connectivity index (χ2v) is 4.94. The molecule has 2 rings (SSSR count). The van der Waals surface area contributed by atoms with E-state index in [-0.39, 0.29) is 0 Å². The molecule has 1 aromatic carbocycles. The van der Waals surface area contributed by atoms with E-state index in [9.17, 15) is 4.79 Å². The largest absolute Gasteiger partial charge is 0.478 e. The van der Waals surface area contributed by atoms with Crippen LogP contribution in [-0.2, 0) is 11.2 Å². The highest BCUT2D eigenvalue weighted by Gasteiger charge is 2.17. The van der Waals surface area contributed by atoms with E-state index >= 15 is 0 Å². The van der Waals surface area contributed by atoms with Gasteiger partial charge in [0, 0.05) is 32.5 Å². The number of carboxylic acids is 1. The van der Waals surface area contributed by atoms with E-state index in [1.807, 2.05) is 12.1 Å². The standard InChI is InChI=1S/C15H21NO3/c1-19-10-3-2-8-16-9-4-5-12-11-13(15(17)18)6-7-14(12)16/h6-7,11H,2-5,8-10H2,1H3,(H,17,18). The van der Waals surface area contributed by atoms with E-state index in [2.05, 4.69) is 4.90 Å². The first-order chi connectivity index (χ1) is 9.22. The van der Waals surface area contributed by atoms with Crippen LogP contribution in [-0.4, -0.2) is 37.9 Å². The fourth-order valence-corrected chi connectivity index (χ4v) is 2.59. The van der Waals surface area contributed by atoms with E-state index in [0.29, 0.717) is 5.56 Å². The molecule has 1 aliphatic rings. The number of carboxylic acid groups (broad SMARTS) is 1. The Labute approximate surface area is 114 Å². The van der Waals surface area contributed by atoms with Crippen molar-refractivity contribution in [2.75, 3.05) is 31.7 Å². The summed E-state index contributed by atoms with van der Waals surface area (Å²) in [5.41, 5.74) is 2.76. The van der Waals surface area contributed by atoms with E-state index in [1.165, 1.54) is 5.69 Å². The van der Waals surface area contributed by atoms with Gasteiger partial charge in [-0.1, -0.05) is 0 Å². The first kappa shape index (κ1) is 13.9. The van der Waals surface area contributed by atoms with Crippen molar-refractivity contribution in [1.29, 1.82) is 0 Å². The number of benzene rings is 1. The molecule has 0 atom stereocenters. The van der Waals surface area contributed by atoms with Crippen molar-refractivity contribution in [3.8, 4) is 0 Å². The van der Waals surface area contributed by atoms with Crippen LogP contribution in [0.4, 0.5) is 5.69 Å². The molecule has 0 bridgehead atoms. The summed E-state index contributed by atoms with van der Waals surface area (Å²) in [6.07, 6.45) is 4.24. The minimum atomic E-state index is -0.847. The lowest BCUT2D eigenvalue weighted by molar-refractivity contribution is 0.0697. The summed E-state index contributed by atoms with van der Waals surface area (Å²) >= 11 is 0. The molecule has 0 aliphatic carbocycles. The van der Waals surface area contributed by atoms with Crippen LogP contribution in [0, 0.1) is 0 Å². The fraction of sp³-hybridized carbons (Fsp3) is 0.533. The molecule has 1 heterocycles. The van der Waals surface area contributed by atoms with Crippen LogP contribution in [0.25, 0.3) is 0 Å². The number of rotatable bonds is 6. The zero-order valence-corrected chi connectivity index (χ0v) is 11.4. The Balaban J connectivity index is 2.04. The maximum atomic E-state index is 11.0. The van der Waals surface area contributed by atoms with E-state index < -0.39 is 5.97 Å². The predicted octanol–water partition coefficient (Wildman–Crippen LogP) is 2.56. The quantitative estimate of drug-likeness (QED) is 0.801. The summed E-state index contributed by atoms with van der Waals surface area (Å²) in [5, 5.41) is 9.03. The number of anilines is 1. The van der Waals surface area contributed by atoms with Gasteiger partial charge in [0.05, 0.1) is 5.56 Å². The van der Waals surface area contributed by atoms with E-state index in [4.69, 9.17) is 9.84 Å². The highest BCUT2D eigenvalue weighted by Crippen LogP contribution is 2.28. The molecule has 19 heavy (non-hydrogen) atoms. The number of carbonyl (C=O) groups is 1. The van der Waals surface area contributed by atoms with Crippen LogP contribution in [0.5, 0.6) is 0 Å². The normalized spacial score (nSPS) is 14.3. The molecular formula is C15H21NO3. The van der Waals surface area contributed by atoms with Gasteiger partial charge in [-0.3, -0.25) is 0 Å². The number of fused-ring (bicyclic) bond motifs is 1. The summed E-state index contributed by atoms with van der Waals surface area (Å²) in [6.45, 7) is 2.88. The molecule has 0 saturated carbocycles. The second-order valence-electron chi connectivity index (χ2n) is 4.94. The van der Waals surface area contributed by atoms with Gasteiger partial charge in [-0.05, 0) is 49.4 Å². The van der Waals surface area contributed by atoms with Crippen molar-refractivity contribution >= 4 is 11.7 Å². The number of hydrogen-bond acceptors (Lipinski definition) is 3. The van der Waals surface area contributed by atoms with Gasteiger partial charge in [0.1, 0.15) is 0 Å². The molecular weight excluding hydrogens is 242 g/mol. The van der Waals surface area contributed by atoms with Crippen LogP contribution in [0.1, 0.15) is 35.2 Å². The van der Waals surface area contributed by atoms with Crippen molar-refractivity contribution < 1.29 is 14.6 Å². The molecule has 0 radical (unpaired) electrons. The van der Waals surface area contributed by atoms with Crippen molar-refractivity contribution in [3.05, 3.63) is 29.3 Å². The summed E-state index contributed by atoms with van der Waals surface area (Å²) in [4.78, 5) is 13.3. The lowest BCUT2D eigenvalue weighted by Crippen LogP contribution is -2.30. The summed E-state index contributed by atoms with van der Waals surface area (Å²) < 4.78 is 5.06. The Morgan fingerprint density at radius 2 is 2.26 bits per heavy atom. The van der Waals surface area contributed by atoms with Gasteiger partial charge in [-0.25, -0.2) is 4.79 Å². The third-order valence-corrected chi connectivity index (χ3v) is 3.57. The van der Waals surface area contributed by atoms with Gasteiger partial charge >= 0.3 is 5.97 Å². The molecule has 0 spiro atoms. The number of aromatic carboxylic acids is 1. The Kier molecular flexibility index (Phi) is 4.80. The first-order valence-corrected chi connectivity index (χ1v) is 6.82. The summed E-state index contributed by atoms with van der Waals surface area (Å²) in [6, 6.07) is 5.47. The average Bonchev–Trinajstić information content (AvgIpc) is 2.43. The Hall–Kier alpha value is -1.55. The Morgan fingerprint density at radius 3 is 3.00 bits per heavy atom. The van der Waals surface area contributed by atoms with Gasteiger partial charge in [0.2, 0.25) is 0 Å². The second kappa shape index (κ2) is 6.57. The summed E-state index contributed by atoms with van der Waals surface area (Å²) in [5.74, 6) is -0.847. The van der Waals surface area contributed by atoms with Gasteiger partial charge in [0.25, 0.3) is 0 Å². The van der Waals surface area contributed by atoms with Crippen molar-refractivity contribution in [1.82, 2.24) is 0 Å². The Morgan fingerprint density at radius 1 is 1.42 bits per heavy atom. The van der Waals surface area contributed by atoms with Crippen molar-refractivity contribution in [2.24, 2.45) is 0 Å². The van der Waals surface area contributed by atoms with Crippen LogP contribution in [0.2, 0.25) is 0 Å². The number of hydrogen-bond donors (Lipinski definition) is 1. The molecule has 1 aliphatic heterocycles. The molecule has 4 heteroatoms. The van der Waals surface area contributed by atoms with Gasteiger partial charge in [-0.15, -0.1) is 0 Å². The van der Waals surface area contributed by atoms with Crippen LogP contribution in [0.3, 0.4) is 0 Å². The number of nitrogens with zero attached hydrogens (tertiary/aromatic N) is 1. The SMILES string of the molecule is COCCCCN1CCCc2cc(C(=O)O)ccc21. The zero-order valence-electron chi connectivity index (χ0n) is 11.4. The van der Waals surface area contributed by atoms with Gasteiger partial charge in [0.15, 0.2) is 0 Å².